The SMILES string of the molecule is Cc1cccc(Nc2ccnc(C(N)=S)c2)c1Cl. The molecule has 0 aliphatic rings. The number of aryl methyl sites for hydroxylation is 1. The van der Waals surface area contributed by atoms with E-state index in [-0.39, 0.29) is 4.99 Å². The van der Waals surface area contributed by atoms with Crippen molar-refractivity contribution in [3.63, 3.8) is 0 Å². The smallest absolute Gasteiger partial charge is 0.122 e. The molecule has 1 heterocycles. The molecule has 2 aromatic rings. The normalized spacial score (nSPS) is 10.1. The summed E-state index contributed by atoms with van der Waals surface area (Å²) >= 11 is 11.1. The Morgan fingerprint density at radius 3 is 2.89 bits per heavy atom. The summed E-state index contributed by atoms with van der Waals surface area (Å²) in [5.74, 6) is 0. The van der Waals surface area contributed by atoms with Crippen LogP contribution in [0.3, 0.4) is 0 Å². The average molecular weight is 278 g/mol. The fourth-order valence-corrected chi connectivity index (χ4v) is 1.83. The first-order valence-corrected chi connectivity index (χ1v) is 6.14. The maximum atomic E-state index is 6.22. The number of hydrogen-bond acceptors (Lipinski definition) is 3. The lowest BCUT2D eigenvalue weighted by molar-refractivity contribution is 1.29. The van der Waals surface area contributed by atoms with Crippen LogP contribution in [-0.2, 0) is 0 Å². The van der Waals surface area contributed by atoms with Gasteiger partial charge in [0.25, 0.3) is 0 Å². The molecule has 0 atom stereocenters. The second kappa shape index (κ2) is 5.33. The van der Waals surface area contributed by atoms with Gasteiger partial charge in [-0.2, -0.15) is 0 Å². The summed E-state index contributed by atoms with van der Waals surface area (Å²) in [6.45, 7) is 1.96. The highest BCUT2D eigenvalue weighted by Gasteiger charge is 2.04. The Morgan fingerprint density at radius 1 is 1.39 bits per heavy atom. The van der Waals surface area contributed by atoms with Gasteiger partial charge < -0.3 is 11.1 Å². The largest absolute Gasteiger partial charge is 0.388 e. The van der Waals surface area contributed by atoms with Crippen molar-refractivity contribution in [1.82, 2.24) is 4.98 Å². The number of pyridine rings is 1. The Morgan fingerprint density at radius 2 is 2.17 bits per heavy atom. The van der Waals surface area contributed by atoms with Crippen LogP contribution >= 0.6 is 23.8 Å². The average Bonchev–Trinajstić information content (AvgIpc) is 2.35. The number of thiocarbonyl (C=S) groups is 1. The van der Waals surface area contributed by atoms with E-state index in [9.17, 15) is 0 Å². The topological polar surface area (TPSA) is 50.9 Å². The molecule has 0 unspecified atom stereocenters. The lowest BCUT2D eigenvalue weighted by Crippen LogP contribution is -2.11. The Labute approximate surface area is 116 Å². The summed E-state index contributed by atoms with van der Waals surface area (Å²) < 4.78 is 0. The Kier molecular flexibility index (Phi) is 3.79. The Balaban J connectivity index is 2.31. The van der Waals surface area contributed by atoms with Gasteiger partial charge in [0.1, 0.15) is 4.99 Å². The molecule has 3 N–H and O–H groups in total. The van der Waals surface area contributed by atoms with Crippen molar-refractivity contribution >= 4 is 40.2 Å². The van der Waals surface area contributed by atoms with Crippen LogP contribution in [0.15, 0.2) is 36.5 Å². The molecule has 5 heteroatoms. The summed E-state index contributed by atoms with van der Waals surface area (Å²) in [6, 6.07) is 9.44. The standard InChI is InChI=1S/C13H12ClN3S/c1-8-3-2-4-10(12(8)14)17-9-5-6-16-11(7-9)13(15)18/h2-7H,1H3,(H2,15,18)(H,16,17). The molecule has 92 valence electrons. The van der Waals surface area contributed by atoms with E-state index >= 15 is 0 Å². The number of benzene rings is 1. The minimum Gasteiger partial charge on any atom is -0.388 e. The van der Waals surface area contributed by atoms with Crippen LogP contribution in [0.25, 0.3) is 0 Å². The number of halogens is 1. The molecule has 0 saturated carbocycles. The highest BCUT2D eigenvalue weighted by molar-refractivity contribution is 7.80. The van der Waals surface area contributed by atoms with E-state index < -0.39 is 0 Å². The summed E-state index contributed by atoms with van der Waals surface area (Å²) in [5, 5.41) is 3.92. The molecule has 0 aliphatic carbocycles. The van der Waals surface area contributed by atoms with E-state index in [1.807, 2.05) is 31.2 Å². The molecule has 0 saturated heterocycles. The van der Waals surface area contributed by atoms with Crippen molar-refractivity contribution in [2.24, 2.45) is 5.73 Å². The van der Waals surface area contributed by atoms with Crippen molar-refractivity contribution in [1.29, 1.82) is 0 Å². The molecule has 0 bridgehead atoms. The molecule has 0 fully saturated rings. The summed E-state index contributed by atoms with van der Waals surface area (Å²) in [4.78, 5) is 4.35. The van der Waals surface area contributed by atoms with Crippen molar-refractivity contribution in [3.8, 4) is 0 Å². The van der Waals surface area contributed by atoms with Crippen molar-refractivity contribution in [2.75, 3.05) is 5.32 Å². The van der Waals surface area contributed by atoms with Crippen LogP contribution in [0, 0.1) is 6.92 Å². The highest BCUT2D eigenvalue weighted by Crippen LogP contribution is 2.28. The van der Waals surface area contributed by atoms with Gasteiger partial charge >= 0.3 is 0 Å². The Hall–Kier alpha value is -1.65. The van der Waals surface area contributed by atoms with Gasteiger partial charge in [0.2, 0.25) is 0 Å². The van der Waals surface area contributed by atoms with Crippen LogP contribution in [0.2, 0.25) is 5.02 Å². The minimum absolute atomic E-state index is 0.272. The van der Waals surface area contributed by atoms with Gasteiger partial charge in [-0.15, -0.1) is 0 Å². The van der Waals surface area contributed by atoms with Crippen LogP contribution in [0.1, 0.15) is 11.3 Å². The fourth-order valence-electron chi connectivity index (χ4n) is 1.54. The maximum Gasteiger partial charge on any atom is 0.122 e. The van der Waals surface area contributed by atoms with Gasteiger partial charge in [-0.3, -0.25) is 4.98 Å². The number of rotatable bonds is 3. The first kappa shape index (κ1) is 12.8. The zero-order chi connectivity index (χ0) is 13.1. The molecule has 1 aromatic carbocycles. The maximum absolute atomic E-state index is 6.22. The monoisotopic (exact) mass is 277 g/mol. The second-order valence-electron chi connectivity index (χ2n) is 3.86. The van der Waals surface area contributed by atoms with Crippen LogP contribution in [-0.4, -0.2) is 9.97 Å². The minimum atomic E-state index is 0.272. The van der Waals surface area contributed by atoms with E-state index in [1.54, 1.807) is 12.3 Å². The third-order valence-corrected chi connectivity index (χ3v) is 3.19. The van der Waals surface area contributed by atoms with E-state index in [2.05, 4.69) is 10.3 Å². The predicted octanol–water partition coefficient (Wildman–Crippen LogP) is 3.42. The molecular weight excluding hydrogens is 266 g/mol. The van der Waals surface area contributed by atoms with Crippen LogP contribution in [0.4, 0.5) is 11.4 Å². The first-order valence-electron chi connectivity index (χ1n) is 5.36. The van der Waals surface area contributed by atoms with Crippen LogP contribution < -0.4 is 11.1 Å². The summed E-state index contributed by atoms with van der Waals surface area (Å²) in [7, 11) is 0. The van der Waals surface area contributed by atoms with E-state index in [4.69, 9.17) is 29.6 Å². The summed E-state index contributed by atoms with van der Waals surface area (Å²) in [6.07, 6.45) is 1.65. The number of hydrogen-bond donors (Lipinski definition) is 2. The highest BCUT2D eigenvalue weighted by atomic mass is 35.5. The fraction of sp³-hybridized carbons (Fsp3) is 0.0769. The third-order valence-electron chi connectivity index (χ3n) is 2.48. The van der Waals surface area contributed by atoms with E-state index in [0.717, 1.165) is 16.9 Å². The number of aromatic nitrogens is 1. The number of anilines is 2. The van der Waals surface area contributed by atoms with Crippen molar-refractivity contribution < 1.29 is 0 Å². The second-order valence-corrected chi connectivity index (χ2v) is 4.67. The van der Waals surface area contributed by atoms with Gasteiger partial charge in [0.05, 0.1) is 16.4 Å². The molecule has 18 heavy (non-hydrogen) atoms. The summed E-state index contributed by atoms with van der Waals surface area (Å²) in [5.41, 5.74) is 8.84. The molecule has 0 amide bonds. The molecule has 2 rings (SSSR count). The van der Waals surface area contributed by atoms with E-state index in [1.165, 1.54) is 0 Å². The zero-order valence-electron chi connectivity index (χ0n) is 9.77. The van der Waals surface area contributed by atoms with Crippen molar-refractivity contribution in [3.05, 3.63) is 52.8 Å². The number of nitrogens with two attached hydrogens (primary N) is 1. The van der Waals surface area contributed by atoms with Gasteiger partial charge in [0, 0.05) is 11.9 Å². The van der Waals surface area contributed by atoms with Crippen molar-refractivity contribution in [2.45, 2.75) is 6.92 Å². The first-order chi connectivity index (χ1) is 8.58. The number of nitrogens with zero attached hydrogens (tertiary/aromatic N) is 1. The van der Waals surface area contributed by atoms with Gasteiger partial charge in [-0.1, -0.05) is 36.0 Å². The molecule has 0 radical (unpaired) electrons. The molecular formula is C13H12ClN3S. The zero-order valence-corrected chi connectivity index (χ0v) is 11.3. The van der Waals surface area contributed by atoms with Crippen LogP contribution in [0.5, 0.6) is 0 Å². The van der Waals surface area contributed by atoms with Gasteiger partial charge in [-0.05, 0) is 30.7 Å². The predicted molar refractivity (Wildman–Crippen MR) is 79.6 cm³/mol. The number of nitrogens with one attached hydrogen (secondary N) is 1. The van der Waals surface area contributed by atoms with Gasteiger partial charge in [-0.25, -0.2) is 0 Å². The quantitative estimate of drug-likeness (QED) is 0.844. The molecule has 3 nitrogen and oxygen atoms in total. The van der Waals surface area contributed by atoms with E-state index in [0.29, 0.717) is 10.7 Å². The lowest BCUT2D eigenvalue weighted by atomic mass is 10.2. The molecule has 0 aliphatic heterocycles. The third kappa shape index (κ3) is 2.78. The molecule has 0 spiro atoms. The molecule has 1 aromatic heterocycles. The van der Waals surface area contributed by atoms with Gasteiger partial charge in [0.15, 0.2) is 0 Å². The lowest BCUT2D eigenvalue weighted by Gasteiger charge is -2.10. The Bertz CT molecular complexity index is 599.